The van der Waals surface area contributed by atoms with Gasteiger partial charge in [0.25, 0.3) is 5.91 Å². The number of benzene rings is 3. The first-order valence-electron chi connectivity index (χ1n) is 16.9. The smallest absolute Gasteiger partial charge is 0.411 e. The van der Waals surface area contributed by atoms with Crippen LogP contribution in [0.2, 0.25) is 0 Å². The van der Waals surface area contributed by atoms with Crippen molar-refractivity contribution in [3.05, 3.63) is 75.0 Å². The number of rotatable bonds is 10. The Hall–Kier alpha value is -5.59. The van der Waals surface area contributed by atoms with E-state index in [-0.39, 0.29) is 13.0 Å². The Morgan fingerprint density at radius 1 is 0.769 bits per heavy atom. The summed E-state index contributed by atoms with van der Waals surface area (Å²) in [4.78, 5) is 45.8. The minimum Gasteiger partial charge on any atom is -0.496 e. The molecule has 3 aliphatic heterocycles. The van der Waals surface area contributed by atoms with Crippen LogP contribution in [0.5, 0.6) is 34.5 Å². The van der Waals surface area contributed by atoms with Crippen molar-refractivity contribution >= 4 is 24.0 Å². The zero-order chi connectivity index (χ0) is 37.6. The summed E-state index contributed by atoms with van der Waals surface area (Å²) in [5.74, 6) is 1.52. The van der Waals surface area contributed by atoms with E-state index in [0.29, 0.717) is 79.1 Å². The maximum Gasteiger partial charge on any atom is 0.411 e. The number of hydrogen-bond donors (Lipinski definition) is 0. The van der Waals surface area contributed by atoms with Gasteiger partial charge in [-0.05, 0) is 45.9 Å². The molecule has 13 heteroatoms. The third kappa shape index (κ3) is 5.49. The van der Waals surface area contributed by atoms with Crippen molar-refractivity contribution in [3.8, 4) is 34.5 Å². The van der Waals surface area contributed by atoms with Crippen LogP contribution in [0.25, 0.3) is 6.08 Å². The second kappa shape index (κ2) is 14.2. The molecule has 0 aliphatic carbocycles. The van der Waals surface area contributed by atoms with Crippen LogP contribution < -0.4 is 28.4 Å². The van der Waals surface area contributed by atoms with Gasteiger partial charge in [-0.3, -0.25) is 9.69 Å². The van der Waals surface area contributed by atoms with Crippen LogP contribution in [0.3, 0.4) is 0 Å². The van der Waals surface area contributed by atoms with Gasteiger partial charge in [0.2, 0.25) is 0 Å². The number of esters is 1. The minimum absolute atomic E-state index is 0.0765. The summed E-state index contributed by atoms with van der Waals surface area (Å²) >= 11 is 0. The molecule has 0 aromatic heterocycles. The van der Waals surface area contributed by atoms with E-state index in [2.05, 4.69) is 0 Å². The van der Waals surface area contributed by atoms with Gasteiger partial charge in [-0.2, -0.15) is 0 Å². The van der Waals surface area contributed by atoms with Gasteiger partial charge < -0.3 is 42.8 Å². The number of piperazine rings is 1. The lowest BCUT2D eigenvalue weighted by Crippen LogP contribution is -2.63. The lowest BCUT2D eigenvalue weighted by Gasteiger charge is -2.54. The number of carbonyl (C=O) groups excluding carboxylic acids is 3. The second-order valence-electron chi connectivity index (χ2n) is 12.9. The van der Waals surface area contributed by atoms with E-state index in [9.17, 15) is 9.59 Å². The highest BCUT2D eigenvalue weighted by Crippen LogP contribution is 2.59. The maximum absolute atomic E-state index is 15.1. The molecule has 1 fully saturated rings. The molecule has 1 saturated heterocycles. The Bertz CT molecular complexity index is 1960. The molecule has 0 saturated carbocycles. The standard InChI is InChI=1S/C39H44N2O11/c1-19(2)52-39(44)41-26-17-24-29(36(50-10)34(48-8)21(4)32(24)46-6)30(41)25-16-23-28(35(49-9)33(47-7)20(3)31(23)45-5)27(40(25)37(26)42)18-51-38(43)22-14-12-11-13-15-22/h11-16,19,26-27,30H,17-18H2,1-10H3/t26-,27-,30-/m1/s1. The van der Waals surface area contributed by atoms with Crippen molar-refractivity contribution in [1.29, 1.82) is 0 Å². The van der Waals surface area contributed by atoms with Crippen molar-refractivity contribution in [3.63, 3.8) is 0 Å². The van der Waals surface area contributed by atoms with Crippen molar-refractivity contribution in [1.82, 2.24) is 9.80 Å². The number of fused-ring (bicyclic) bond motifs is 7. The van der Waals surface area contributed by atoms with Crippen LogP contribution in [0.4, 0.5) is 4.79 Å². The number of methoxy groups -OCH3 is 6. The molecule has 0 unspecified atom stereocenters. The highest BCUT2D eigenvalue weighted by Gasteiger charge is 2.57. The molecule has 3 aliphatic rings. The van der Waals surface area contributed by atoms with E-state index in [1.807, 2.05) is 13.8 Å². The number of ether oxygens (including phenoxy) is 8. The van der Waals surface area contributed by atoms with Crippen LogP contribution >= 0.6 is 0 Å². The molecular formula is C39H44N2O11. The number of nitrogens with zero attached hydrogens (tertiary/aromatic N) is 2. The molecule has 0 N–H and O–H groups in total. The minimum atomic E-state index is -1.04. The van der Waals surface area contributed by atoms with E-state index >= 15 is 4.79 Å². The molecule has 2 amide bonds. The van der Waals surface area contributed by atoms with Crippen molar-refractivity contribution in [2.45, 2.75) is 58.3 Å². The first-order valence-corrected chi connectivity index (χ1v) is 16.9. The molecule has 276 valence electrons. The molecule has 3 atom stereocenters. The fourth-order valence-corrected chi connectivity index (χ4v) is 7.88. The normalized spacial score (nSPS) is 18.4. The third-order valence-electron chi connectivity index (χ3n) is 9.85. The van der Waals surface area contributed by atoms with E-state index in [1.165, 1.54) is 40.4 Å². The van der Waals surface area contributed by atoms with Gasteiger partial charge in [-0.1, -0.05) is 18.2 Å². The van der Waals surface area contributed by atoms with Gasteiger partial charge >= 0.3 is 12.1 Å². The molecule has 6 rings (SSSR count). The van der Waals surface area contributed by atoms with Gasteiger partial charge in [0.15, 0.2) is 23.0 Å². The van der Waals surface area contributed by atoms with Gasteiger partial charge in [0.1, 0.15) is 36.2 Å². The fourth-order valence-electron chi connectivity index (χ4n) is 7.88. The summed E-state index contributed by atoms with van der Waals surface area (Å²) < 4.78 is 47.5. The summed E-state index contributed by atoms with van der Waals surface area (Å²) in [5, 5.41) is 0. The van der Waals surface area contributed by atoms with Gasteiger partial charge in [0.05, 0.1) is 54.3 Å². The van der Waals surface area contributed by atoms with Crippen LogP contribution in [-0.2, 0) is 20.7 Å². The third-order valence-corrected chi connectivity index (χ3v) is 9.85. The Balaban J connectivity index is 1.69. The Morgan fingerprint density at radius 2 is 1.33 bits per heavy atom. The number of amides is 2. The van der Waals surface area contributed by atoms with Gasteiger partial charge in [-0.25, -0.2) is 9.59 Å². The molecule has 13 nitrogen and oxygen atoms in total. The maximum atomic E-state index is 15.1. The van der Waals surface area contributed by atoms with Crippen molar-refractivity contribution in [2.75, 3.05) is 49.3 Å². The number of carbonyl (C=O) groups is 3. The zero-order valence-corrected chi connectivity index (χ0v) is 31.1. The highest BCUT2D eigenvalue weighted by molar-refractivity contribution is 5.95. The average Bonchev–Trinajstić information content (AvgIpc) is 3.14. The molecule has 0 radical (unpaired) electrons. The molecule has 2 bridgehead atoms. The quantitative estimate of drug-likeness (QED) is 0.230. The molecule has 3 aromatic rings. The van der Waals surface area contributed by atoms with E-state index in [0.717, 1.165) is 0 Å². The topological polar surface area (TPSA) is 132 Å². The summed E-state index contributed by atoms with van der Waals surface area (Å²) in [5.41, 5.74) is 4.41. The summed E-state index contributed by atoms with van der Waals surface area (Å²) in [6, 6.07) is 5.65. The van der Waals surface area contributed by atoms with Gasteiger partial charge in [0, 0.05) is 45.5 Å². The van der Waals surface area contributed by atoms with Crippen LogP contribution in [-0.4, -0.2) is 89.2 Å². The van der Waals surface area contributed by atoms with E-state index in [4.69, 9.17) is 37.9 Å². The summed E-state index contributed by atoms with van der Waals surface area (Å²) in [7, 11) is 9.18. The van der Waals surface area contributed by atoms with E-state index < -0.39 is 42.2 Å². The SMILES string of the molecule is COc1c(C)c(OC)c(OC)c2c1C=C1[C@@H]3c4c(c(OC)c(C)c(OC)c4OC)C[C@H](C(=O)N1[C@@H]2COC(=O)c1ccccc1)N3C(=O)OC(C)C. The lowest BCUT2D eigenvalue weighted by molar-refractivity contribution is -0.144. The molecule has 52 heavy (non-hydrogen) atoms. The highest BCUT2D eigenvalue weighted by atomic mass is 16.6. The molecule has 3 heterocycles. The zero-order valence-electron chi connectivity index (χ0n) is 31.1. The van der Waals surface area contributed by atoms with Crippen molar-refractivity contribution < 1.29 is 52.3 Å². The van der Waals surface area contributed by atoms with Crippen LogP contribution in [0.15, 0.2) is 36.0 Å². The predicted octanol–water partition coefficient (Wildman–Crippen LogP) is 5.96. The molecular weight excluding hydrogens is 672 g/mol. The fraction of sp³-hybridized carbons (Fsp3) is 0.410. The average molecular weight is 717 g/mol. The van der Waals surface area contributed by atoms with Crippen molar-refractivity contribution in [2.24, 2.45) is 0 Å². The predicted molar refractivity (Wildman–Crippen MR) is 190 cm³/mol. The first-order chi connectivity index (χ1) is 25.0. The van der Waals surface area contributed by atoms with Crippen LogP contribution in [0, 0.1) is 13.8 Å². The first kappa shape index (κ1) is 36.2. The van der Waals surface area contributed by atoms with Gasteiger partial charge in [-0.15, -0.1) is 0 Å². The monoisotopic (exact) mass is 716 g/mol. The summed E-state index contributed by atoms with van der Waals surface area (Å²) in [6.07, 6.45) is 0.724. The summed E-state index contributed by atoms with van der Waals surface area (Å²) in [6.45, 7) is 6.91. The second-order valence-corrected chi connectivity index (χ2v) is 12.9. The molecule has 3 aromatic carbocycles. The van der Waals surface area contributed by atoms with E-state index in [1.54, 1.807) is 62.3 Å². The lowest BCUT2D eigenvalue weighted by atomic mass is 9.77. The Kier molecular flexibility index (Phi) is 9.89. The number of hydrogen-bond acceptors (Lipinski definition) is 11. The molecule has 0 spiro atoms. The largest absolute Gasteiger partial charge is 0.496 e. The van der Waals surface area contributed by atoms with Crippen LogP contribution in [0.1, 0.15) is 69.7 Å². The Labute approximate surface area is 302 Å². The Morgan fingerprint density at radius 3 is 1.88 bits per heavy atom.